The summed E-state index contributed by atoms with van der Waals surface area (Å²) in [5.41, 5.74) is 0. The average Bonchev–Trinajstić information content (AvgIpc) is 2.73. The maximum Gasteiger partial charge on any atom is 0.154 e. The van der Waals surface area contributed by atoms with Gasteiger partial charge in [0.1, 0.15) is 11.6 Å². The van der Waals surface area contributed by atoms with Crippen molar-refractivity contribution in [1.82, 2.24) is 9.97 Å². The van der Waals surface area contributed by atoms with E-state index in [0.29, 0.717) is 23.9 Å². The van der Waals surface area contributed by atoms with Gasteiger partial charge in [-0.3, -0.25) is 4.98 Å². The van der Waals surface area contributed by atoms with Gasteiger partial charge in [-0.25, -0.2) is 13.4 Å². The van der Waals surface area contributed by atoms with Crippen LogP contribution in [0.4, 0.5) is 11.6 Å². The molecule has 0 spiro atoms. The van der Waals surface area contributed by atoms with Gasteiger partial charge in [0.15, 0.2) is 9.84 Å². The van der Waals surface area contributed by atoms with Crippen LogP contribution >= 0.6 is 0 Å². The maximum atomic E-state index is 11.7. The molecule has 2 rings (SSSR count). The van der Waals surface area contributed by atoms with E-state index >= 15 is 0 Å². The van der Waals surface area contributed by atoms with Crippen LogP contribution in [0.25, 0.3) is 0 Å². The Morgan fingerprint density at radius 3 is 2.68 bits per heavy atom. The van der Waals surface area contributed by atoms with E-state index < -0.39 is 9.84 Å². The van der Waals surface area contributed by atoms with E-state index in [4.69, 9.17) is 0 Å². The van der Waals surface area contributed by atoms with Crippen LogP contribution in [0.3, 0.4) is 0 Å². The Kier molecular flexibility index (Phi) is 4.57. The predicted molar refractivity (Wildman–Crippen MR) is 76.1 cm³/mol. The van der Waals surface area contributed by atoms with Gasteiger partial charge in [0, 0.05) is 13.1 Å². The molecule has 6 nitrogen and oxygen atoms in total. The number of sulfone groups is 1. The van der Waals surface area contributed by atoms with Crippen LogP contribution in [0.2, 0.25) is 0 Å². The molecule has 0 bridgehead atoms. The van der Waals surface area contributed by atoms with E-state index in [2.05, 4.69) is 27.5 Å². The zero-order chi connectivity index (χ0) is 13.7. The lowest BCUT2D eigenvalue weighted by Gasteiger charge is -2.12. The molecule has 0 saturated carbocycles. The Balaban J connectivity index is 1.92. The molecule has 0 aliphatic carbocycles. The average molecular weight is 284 g/mol. The number of nitrogens with zero attached hydrogens (tertiary/aromatic N) is 2. The van der Waals surface area contributed by atoms with Crippen molar-refractivity contribution < 1.29 is 8.42 Å². The fraction of sp³-hybridized carbons (Fsp3) is 0.667. The first-order valence-electron chi connectivity index (χ1n) is 6.63. The third kappa shape index (κ3) is 3.79. The van der Waals surface area contributed by atoms with Crippen molar-refractivity contribution in [2.24, 2.45) is 0 Å². The van der Waals surface area contributed by atoms with Crippen LogP contribution in [-0.2, 0) is 9.84 Å². The first-order valence-corrected chi connectivity index (χ1v) is 8.34. The standard InChI is InChI=1S/C12H20N4O2S/c1-2-5-14-11-8-13-9-12(16-11)15-7-10-4-3-6-19(10,17)18/h8-10H,2-7H2,1H3,(H2,14,15,16). The van der Waals surface area contributed by atoms with E-state index in [9.17, 15) is 8.42 Å². The highest BCUT2D eigenvalue weighted by molar-refractivity contribution is 7.92. The van der Waals surface area contributed by atoms with Crippen molar-refractivity contribution in [2.45, 2.75) is 31.4 Å². The summed E-state index contributed by atoms with van der Waals surface area (Å²) >= 11 is 0. The number of hydrogen-bond acceptors (Lipinski definition) is 6. The summed E-state index contributed by atoms with van der Waals surface area (Å²) in [4.78, 5) is 8.42. The Morgan fingerprint density at radius 1 is 1.32 bits per heavy atom. The first kappa shape index (κ1) is 14.0. The molecule has 1 aromatic rings. The second-order valence-corrected chi connectivity index (χ2v) is 7.13. The van der Waals surface area contributed by atoms with Crippen molar-refractivity contribution in [3.8, 4) is 0 Å². The normalized spacial score (nSPS) is 21.2. The monoisotopic (exact) mass is 284 g/mol. The van der Waals surface area contributed by atoms with Gasteiger partial charge in [0.2, 0.25) is 0 Å². The van der Waals surface area contributed by atoms with Crippen LogP contribution in [0.5, 0.6) is 0 Å². The number of rotatable bonds is 6. The van der Waals surface area contributed by atoms with Gasteiger partial charge in [-0.15, -0.1) is 0 Å². The summed E-state index contributed by atoms with van der Waals surface area (Å²) in [5, 5.41) is 5.92. The molecule has 1 aliphatic rings. The fourth-order valence-electron chi connectivity index (χ4n) is 2.10. The van der Waals surface area contributed by atoms with Crippen molar-refractivity contribution >= 4 is 21.5 Å². The van der Waals surface area contributed by atoms with Gasteiger partial charge in [-0.1, -0.05) is 6.92 Å². The predicted octanol–water partition coefficient (Wildman–Crippen LogP) is 1.29. The summed E-state index contributed by atoms with van der Waals surface area (Å²) in [6, 6.07) is 0. The summed E-state index contributed by atoms with van der Waals surface area (Å²) in [7, 11) is -2.91. The minimum absolute atomic E-state index is 0.290. The molecule has 106 valence electrons. The Labute approximate surface area is 114 Å². The van der Waals surface area contributed by atoms with E-state index in [-0.39, 0.29) is 5.25 Å². The number of hydrogen-bond donors (Lipinski definition) is 2. The molecule has 1 fully saturated rings. The van der Waals surface area contributed by atoms with Gasteiger partial charge >= 0.3 is 0 Å². The zero-order valence-corrected chi connectivity index (χ0v) is 11.9. The van der Waals surface area contributed by atoms with E-state index in [1.165, 1.54) is 0 Å². The van der Waals surface area contributed by atoms with Crippen LogP contribution in [-0.4, -0.2) is 42.5 Å². The van der Waals surface area contributed by atoms with Crippen LogP contribution in [0.15, 0.2) is 12.4 Å². The van der Waals surface area contributed by atoms with Crippen molar-refractivity contribution in [2.75, 3.05) is 29.5 Å². The second-order valence-electron chi connectivity index (χ2n) is 4.73. The Hall–Kier alpha value is -1.37. The highest BCUT2D eigenvalue weighted by Gasteiger charge is 2.30. The Morgan fingerprint density at radius 2 is 2.05 bits per heavy atom. The number of anilines is 2. The molecular formula is C12H20N4O2S. The van der Waals surface area contributed by atoms with Crippen LogP contribution < -0.4 is 10.6 Å². The SMILES string of the molecule is CCCNc1cncc(NCC2CCCS2(=O)=O)n1. The van der Waals surface area contributed by atoms with Gasteiger partial charge in [0.05, 0.1) is 23.4 Å². The summed E-state index contributed by atoms with van der Waals surface area (Å²) in [6.07, 6.45) is 5.78. The molecular weight excluding hydrogens is 264 g/mol. The minimum Gasteiger partial charge on any atom is -0.369 e. The molecule has 1 aromatic heterocycles. The van der Waals surface area contributed by atoms with Gasteiger partial charge < -0.3 is 10.6 Å². The molecule has 0 radical (unpaired) electrons. The summed E-state index contributed by atoms with van der Waals surface area (Å²) < 4.78 is 23.4. The van der Waals surface area contributed by atoms with Crippen LogP contribution in [0, 0.1) is 0 Å². The van der Waals surface area contributed by atoms with Crippen LogP contribution in [0.1, 0.15) is 26.2 Å². The maximum absolute atomic E-state index is 11.7. The smallest absolute Gasteiger partial charge is 0.154 e. The quantitative estimate of drug-likeness (QED) is 0.819. The van der Waals surface area contributed by atoms with Gasteiger partial charge in [-0.2, -0.15) is 0 Å². The van der Waals surface area contributed by atoms with Crippen molar-refractivity contribution in [3.05, 3.63) is 12.4 Å². The van der Waals surface area contributed by atoms with Gasteiger partial charge in [0.25, 0.3) is 0 Å². The summed E-state index contributed by atoms with van der Waals surface area (Å²) in [6.45, 7) is 3.33. The van der Waals surface area contributed by atoms with Crippen molar-refractivity contribution in [1.29, 1.82) is 0 Å². The zero-order valence-electron chi connectivity index (χ0n) is 11.1. The molecule has 2 N–H and O–H groups in total. The molecule has 0 amide bonds. The third-order valence-electron chi connectivity index (χ3n) is 3.16. The lowest BCUT2D eigenvalue weighted by Crippen LogP contribution is -2.25. The lowest BCUT2D eigenvalue weighted by molar-refractivity contribution is 0.591. The fourth-order valence-corrected chi connectivity index (χ4v) is 3.86. The third-order valence-corrected chi connectivity index (χ3v) is 5.44. The van der Waals surface area contributed by atoms with Crippen molar-refractivity contribution in [3.63, 3.8) is 0 Å². The molecule has 1 aliphatic heterocycles. The lowest BCUT2D eigenvalue weighted by atomic mass is 10.2. The molecule has 1 saturated heterocycles. The topological polar surface area (TPSA) is 84.0 Å². The molecule has 1 atom stereocenters. The first-order chi connectivity index (χ1) is 9.12. The largest absolute Gasteiger partial charge is 0.369 e. The van der Waals surface area contributed by atoms with E-state index in [1.807, 2.05) is 0 Å². The highest BCUT2D eigenvalue weighted by atomic mass is 32.2. The minimum atomic E-state index is -2.91. The molecule has 2 heterocycles. The Bertz CT molecular complexity index is 518. The second kappa shape index (κ2) is 6.18. The molecule has 1 unspecified atom stereocenters. The summed E-state index contributed by atoms with van der Waals surface area (Å²) in [5.74, 6) is 1.63. The number of nitrogens with one attached hydrogen (secondary N) is 2. The van der Waals surface area contributed by atoms with Gasteiger partial charge in [-0.05, 0) is 19.3 Å². The number of aromatic nitrogens is 2. The van der Waals surface area contributed by atoms with E-state index in [0.717, 1.165) is 25.8 Å². The molecule has 19 heavy (non-hydrogen) atoms. The molecule has 7 heteroatoms. The highest BCUT2D eigenvalue weighted by Crippen LogP contribution is 2.20. The molecule has 0 aromatic carbocycles. The van der Waals surface area contributed by atoms with E-state index in [1.54, 1.807) is 12.4 Å².